The van der Waals surface area contributed by atoms with Crippen molar-refractivity contribution in [3.8, 4) is 23.3 Å². The molecular weight excluding hydrogens is 400 g/mol. The third-order valence-electron chi connectivity index (χ3n) is 4.54. The fourth-order valence-corrected chi connectivity index (χ4v) is 2.95. The standard InChI is InChI=1S/C21H20N6O4/c1-14-4-5-16(31-19-12-15(29-2)8-9-22-19)13-26(14)21(28)17-6-7-18(30-3)25-20(17)27-23-10-11-24-27/h4-14H,1-3H3/t14-/m1/s1. The van der Waals surface area contributed by atoms with E-state index in [0.717, 1.165) is 0 Å². The van der Waals surface area contributed by atoms with Crippen molar-refractivity contribution < 1.29 is 19.0 Å². The molecule has 0 bridgehead atoms. The van der Waals surface area contributed by atoms with Crippen LogP contribution in [-0.2, 0) is 0 Å². The first-order valence-corrected chi connectivity index (χ1v) is 9.41. The van der Waals surface area contributed by atoms with Crippen LogP contribution in [0, 0.1) is 0 Å². The third kappa shape index (κ3) is 4.22. The Bertz CT molecular complexity index is 1140. The number of nitrogens with zero attached hydrogens (tertiary/aromatic N) is 6. The minimum absolute atomic E-state index is 0.210. The highest BCUT2D eigenvalue weighted by Crippen LogP contribution is 2.24. The van der Waals surface area contributed by atoms with Crippen molar-refractivity contribution in [2.24, 2.45) is 0 Å². The first-order chi connectivity index (χ1) is 15.1. The zero-order valence-electron chi connectivity index (χ0n) is 17.2. The third-order valence-corrected chi connectivity index (χ3v) is 4.54. The lowest BCUT2D eigenvalue weighted by Crippen LogP contribution is -2.36. The van der Waals surface area contributed by atoms with Gasteiger partial charge in [0.15, 0.2) is 5.82 Å². The highest BCUT2D eigenvalue weighted by molar-refractivity contribution is 5.98. The van der Waals surface area contributed by atoms with E-state index in [1.54, 1.807) is 54.7 Å². The molecule has 10 nitrogen and oxygen atoms in total. The summed E-state index contributed by atoms with van der Waals surface area (Å²) < 4.78 is 16.2. The second-order valence-electron chi connectivity index (χ2n) is 6.52. The van der Waals surface area contributed by atoms with Gasteiger partial charge in [-0.15, -0.1) is 4.80 Å². The van der Waals surface area contributed by atoms with Crippen LogP contribution in [0.4, 0.5) is 0 Å². The predicted molar refractivity (Wildman–Crippen MR) is 110 cm³/mol. The Labute approximate surface area is 178 Å². The second-order valence-corrected chi connectivity index (χ2v) is 6.52. The molecule has 4 rings (SSSR count). The average molecular weight is 420 g/mol. The lowest BCUT2D eigenvalue weighted by atomic mass is 10.1. The number of amides is 1. The molecule has 0 saturated carbocycles. The Morgan fingerprint density at radius 2 is 1.84 bits per heavy atom. The van der Waals surface area contributed by atoms with Gasteiger partial charge in [0.05, 0.1) is 44.4 Å². The van der Waals surface area contributed by atoms with Crippen LogP contribution in [0.5, 0.6) is 17.5 Å². The molecule has 0 saturated heterocycles. The van der Waals surface area contributed by atoms with Crippen molar-refractivity contribution >= 4 is 5.91 Å². The number of methoxy groups -OCH3 is 2. The van der Waals surface area contributed by atoms with E-state index in [-0.39, 0.29) is 17.8 Å². The molecule has 0 unspecified atom stereocenters. The summed E-state index contributed by atoms with van der Waals surface area (Å²) >= 11 is 0. The summed E-state index contributed by atoms with van der Waals surface area (Å²) in [7, 11) is 3.07. The summed E-state index contributed by atoms with van der Waals surface area (Å²) in [5.41, 5.74) is 0.314. The average Bonchev–Trinajstić information content (AvgIpc) is 3.34. The molecule has 0 fully saturated rings. The SMILES string of the molecule is COc1ccnc(OC2=CN(C(=O)c3ccc(OC)nc3-n3nccn3)[C@H](C)C=C2)c1. The van der Waals surface area contributed by atoms with Crippen LogP contribution < -0.4 is 14.2 Å². The van der Waals surface area contributed by atoms with E-state index in [0.29, 0.717) is 28.8 Å². The Kier molecular flexibility index (Phi) is 5.61. The summed E-state index contributed by atoms with van der Waals surface area (Å²) in [6.45, 7) is 1.90. The van der Waals surface area contributed by atoms with Gasteiger partial charge in [-0.05, 0) is 25.1 Å². The molecule has 10 heteroatoms. The quantitative estimate of drug-likeness (QED) is 0.599. The fourth-order valence-electron chi connectivity index (χ4n) is 2.95. The van der Waals surface area contributed by atoms with E-state index in [1.807, 2.05) is 13.0 Å². The Morgan fingerprint density at radius 1 is 1.03 bits per heavy atom. The van der Waals surface area contributed by atoms with Gasteiger partial charge >= 0.3 is 0 Å². The molecule has 1 aliphatic rings. The maximum Gasteiger partial charge on any atom is 0.262 e. The molecular formula is C21H20N6O4. The lowest BCUT2D eigenvalue weighted by Gasteiger charge is -2.27. The molecule has 1 amide bonds. The minimum atomic E-state index is -0.293. The van der Waals surface area contributed by atoms with Crippen LogP contribution in [0.15, 0.2) is 67.0 Å². The summed E-state index contributed by atoms with van der Waals surface area (Å²) in [5, 5.41) is 8.20. The van der Waals surface area contributed by atoms with Gasteiger partial charge in [0, 0.05) is 18.3 Å². The maximum atomic E-state index is 13.4. The van der Waals surface area contributed by atoms with Crippen molar-refractivity contribution in [2.75, 3.05) is 14.2 Å². The molecule has 4 heterocycles. The summed E-state index contributed by atoms with van der Waals surface area (Å²) in [6.07, 6.45) is 9.87. The van der Waals surface area contributed by atoms with Gasteiger partial charge in [0.1, 0.15) is 11.5 Å². The van der Waals surface area contributed by atoms with Crippen LogP contribution in [0.1, 0.15) is 17.3 Å². The van der Waals surface area contributed by atoms with Crippen molar-refractivity contribution in [1.82, 2.24) is 29.9 Å². The monoisotopic (exact) mass is 420 g/mol. The van der Waals surface area contributed by atoms with Gasteiger partial charge in [0.25, 0.3) is 5.91 Å². The van der Waals surface area contributed by atoms with Gasteiger partial charge in [-0.2, -0.15) is 15.2 Å². The molecule has 3 aromatic rings. The summed E-state index contributed by atoms with van der Waals surface area (Å²) in [6, 6.07) is 6.42. The van der Waals surface area contributed by atoms with Gasteiger partial charge in [-0.3, -0.25) is 4.79 Å². The highest BCUT2D eigenvalue weighted by atomic mass is 16.5. The van der Waals surface area contributed by atoms with E-state index in [2.05, 4.69) is 20.2 Å². The first kappa shape index (κ1) is 20.1. The molecule has 1 aliphatic heterocycles. The molecule has 3 aromatic heterocycles. The molecule has 0 spiro atoms. The maximum absolute atomic E-state index is 13.4. The van der Waals surface area contributed by atoms with Gasteiger partial charge in [-0.1, -0.05) is 6.08 Å². The number of ether oxygens (including phenoxy) is 3. The topological polar surface area (TPSA) is 104 Å². The summed E-state index contributed by atoms with van der Waals surface area (Å²) in [4.78, 5) is 24.8. The van der Waals surface area contributed by atoms with Gasteiger partial charge in [0.2, 0.25) is 11.8 Å². The highest BCUT2D eigenvalue weighted by Gasteiger charge is 2.26. The number of aromatic nitrogens is 5. The zero-order valence-corrected chi connectivity index (χ0v) is 17.2. The van der Waals surface area contributed by atoms with Crippen molar-refractivity contribution in [3.05, 3.63) is 72.5 Å². The number of carbonyl (C=O) groups is 1. The van der Waals surface area contributed by atoms with Crippen LogP contribution >= 0.6 is 0 Å². The van der Waals surface area contributed by atoms with E-state index in [1.165, 1.54) is 24.3 Å². The van der Waals surface area contributed by atoms with E-state index in [4.69, 9.17) is 14.2 Å². The largest absolute Gasteiger partial charge is 0.497 e. The Morgan fingerprint density at radius 3 is 2.58 bits per heavy atom. The second kappa shape index (κ2) is 8.66. The van der Waals surface area contributed by atoms with Gasteiger partial charge in [-0.25, -0.2) is 4.98 Å². The number of carbonyl (C=O) groups excluding carboxylic acids is 1. The number of pyridine rings is 2. The number of allylic oxidation sites excluding steroid dienone is 1. The molecule has 0 N–H and O–H groups in total. The number of rotatable bonds is 6. The van der Waals surface area contributed by atoms with Crippen LogP contribution in [-0.4, -0.2) is 56.0 Å². The fraction of sp³-hybridized carbons (Fsp3) is 0.190. The van der Waals surface area contributed by atoms with Crippen molar-refractivity contribution in [1.29, 1.82) is 0 Å². The molecule has 1 atom stereocenters. The van der Waals surface area contributed by atoms with E-state index in [9.17, 15) is 4.79 Å². The zero-order chi connectivity index (χ0) is 21.8. The minimum Gasteiger partial charge on any atom is -0.497 e. The smallest absolute Gasteiger partial charge is 0.262 e. The van der Waals surface area contributed by atoms with Crippen LogP contribution in [0.25, 0.3) is 5.82 Å². The molecule has 158 valence electrons. The molecule has 0 radical (unpaired) electrons. The van der Waals surface area contributed by atoms with Crippen LogP contribution in [0.2, 0.25) is 0 Å². The molecule has 31 heavy (non-hydrogen) atoms. The molecule has 0 aromatic carbocycles. The van der Waals surface area contributed by atoms with E-state index < -0.39 is 0 Å². The first-order valence-electron chi connectivity index (χ1n) is 9.41. The lowest BCUT2D eigenvalue weighted by molar-refractivity contribution is 0.0791. The Balaban J connectivity index is 1.65. The van der Waals surface area contributed by atoms with Gasteiger partial charge < -0.3 is 19.1 Å². The normalized spacial score (nSPS) is 15.4. The Hall–Kier alpha value is -4.21. The molecule has 0 aliphatic carbocycles. The van der Waals surface area contributed by atoms with Crippen LogP contribution in [0.3, 0.4) is 0 Å². The number of hydrogen-bond donors (Lipinski definition) is 0. The van der Waals surface area contributed by atoms with E-state index >= 15 is 0 Å². The predicted octanol–water partition coefficient (Wildman–Crippen LogP) is 2.40. The van der Waals surface area contributed by atoms with Crippen molar-refractivity contribution in [2.45, 2.75) is 13.0 Å². The number of hydrogen-bond acceptors (Lipinski definition) is 8. The van der Waals surface area contributed by atoms with Crippen molar-refractivity contribution in [3.63, 3.8) is 0 Å². The summed E-state index contributed by atoms with van der Waals surface area (Å²) in [5.74, 6) is 1.74.